The molecule has 11 heteroatoms. The molecule has 5 aromatic rings. The number of ether oxygens (including phenoxy) is 1. The van der Waals surface area contributed by atoms with Crippen molar-refractivity contribution < 1.29 is 14.6 Å². The Balaban J connectivity index is 1.36. The minimum absolute atomic E-state index is 0.292. The summed E-state index contributed by atoms with van der Waals surface area (Å²) in [6, 6.07) is 20.9. The topological polar surface area (TPSA) is 124 Å². The Morgan fingerprint density at radius 2 is 1.80 bits per heavy atom. The van der Waals surface area contributed by atoms with Gasteiger partial charge in [0.05, 0.1) is 24.1 Å². The Labute approximate surface area is 233 Å². The number of nitrogens with zero attached hydrogens (tertiary/aromatic N) is 5. The maximum Gasteiger partial charge on any atom is 0.271 e. The number of nitrogens with one attached hydrogen (secondary N) is 1. The average Bonchev–Trinajstić information content (AvgIpc) is 3.39. The largest absolute Gasteiger partial charge is 0.494 e. The first-order valence-corrected chi connectivity index (χ1v) is 13.4. The molecule has 40 heavy (non-hydrogen) atoms. The smallest absolute Gasteiger partial charge is 0.271 e. The van der Waals surface area contributed by atoms with E-state index in [-0.39, 0.29) is 11.4 Å². The summed E-state index contributed by atoms with van der Waals surface area (Å²) >= 11 is 1.55. The van der Waals surface area contributed by atoms with Gasteiger partial charge < -0.3 is 14.4 Å². The molecular weight excluding hydrogens is 528 g/mol. The minimum atomic E-state index is -0.410. The van der Waals surface area contributed by atoms with E-state index in [4.69, 9.17) is 4.74 Å². The molecule has 0 fully saturated rings. The van der Waals surface area contributed by atoms with Gasteiger partial charge in [-0.2, -0.15) is 5.10 Å². The van der Waals surface area contributed by atoms with Gasteiger partial charge in [-0.1, -0.05) is 42.1 Å². The molecule has 202 valence electrons. The number of thioether (sulfide) groups is 1. The molecule has 2 heterocycles. The van der Waals surface area contributed by atoms with Gasteiger partial charge in [-0.25, -0.2) is 9.99 Å². The van der Waals surface area contributed by atoms with E-state index in [0.717, 1.165) is 10.7 Å². The van der Waals surface area contributed by atoms with Crippen molar-refractivity contribution in [2.75, 3.05) is 6.61 Å². The van der Waals surface area contributed by atoms with Crippen LogP contribution < -0.4 is 15.7 Å². The predicted molar refractivity (Wildman–Crippen MR) is 154 cm³/mol. The molecule has 0 aliphatic rings. The number of carbonyl (C=O) groups is 1. The highest BCUT2D eigenvalue weighted by atomic mass is 32.2. The van der Waals surface area contributed by atoms with Gasteiger partial charge in [0.25, 0.3) is 11.5 Å². The van der Waals surface area contributed by atoms with Crippen LogP contribution in [0.3, 0.4) is 0 Å². The molecule has 0 atom stereocenters. The number of carbonyl (C=O) groups excluding carboxylic acids is 1. The van der Waals surface area contributed by atoms with Crippen LogP contribution in [0, 0.1) is 0 Å². The molecule has 3 aromatic carbocycles. The van der Waals surface area contributed by atoms with E-state index >= 15 is 0 Å². The minimum Gasteiger partial charge on any atom is -0.494 e. The van der Waals surface area contributed by atoms with Gasteiger partial charge in [-0.3, -0.25) is 9.59 Å². The second-order valence-corrected chi connectivity index (χ2v) is 9.70. The van der Waals surface area contributed by atoms with Crippen molar-refractivity contribution in [1.82, 2.24) is 24.8 Å². The molecule has 0 saturated carbocycles. The van der Waals surface area contributed by atoms with Crippen molar-refractivity contribution >= 4 is 34.7 Å². The van der Waals surface area contributed by atoms with Gasteiger partial charge in [0.1, 0.15) is 12.1 Å². The monoisotopic (exact) mass is 554 g/mol. The lowest BCUT2D eigenvalue weighted by Gasteiger charge is -2.14. The SMILES string of the molecule is CCOc1ccc(-n2c(O)c(/C=N/NC(=O)c3ccc(CSc4nncn4C)cc3)c3ccccc3c2=O)cc1. The Morgan fingerprint density at radius 1 is 1.07 bits per heavy atom. The van der Waals surface area contributed by atoms with Crippen molar-refractivity contribution in [3.8, 4) is 17.3 Å². The fraction of sp³-hybridized carbons (Fsp3) is 0.138. The first kappa shape index (κ1) is 26.7. The number of aromatic hydroxyl groups is 1. The summed E-state index contributed by atoms with van der Waals surface area (Å²) in [7, 11) is 1.88. The van der Waals surface area contributed by atoms with Crippen molar-refractivity contribution in [2.45, 2.75) is 17.8 Å². The molecule has 0 radical (unpaired) electrons. The zero-order chi connectivity index (χ0) is 28.1. The van der Waals surface area contributed by atoms with Gasteiger partial charge >= 0.3 is 0 Å². The lowest BCUT2D eigenvalue weighted by Crippen LogP contribution is -2.21. The lowest BCUT2D eigenvalue weighted by molar-refractivity contribution is 0.0955. The third kappa shape index (κ3) is 5.59. The zero-order valence-electron chi connectivity index (χ0n) is 21.8. The Kier molecular flexibility index (Phi) is 7.92. The molecule has 5 rings (SSSR count). The van der Waals surface area contributed by atoms with Crippen LogP contribution in [0.25, 0.3) is 16.5 Å². The summed E-state index contributed by atoms with van der Waals surface area (Å²) in [5.74, 6) is 0.632. The number of fused-ring (bicyclic) bond motifs is 1. The Morgan fingerprint density at radius 3 is 2.48 bits per heavy atom. The summed E-state index contributed by atoms with van der Waals surface area (Å²) in [6.45, 7) is 2.40. The Bertz CT molecular complexity index is 1740. The van der Waals surface area contributed by atoms with E-state index < -0.39 is 5.91 Å². The molecule has 0 spiro atoms. The van der Waals surface area contributed by atoms with Gasteiger partial charge in [-0.15, -0.1) is 10.2 Å². The third-order valence-electron chi connectivity index (χ3n) is 6.12. The fourth-order valence-electron chi connectivity index (χ4n) is 4.11. The normalized spacial score (nSPS) is 11.2. The first-order valence-electron chi connectivity index (χ1n) is 12.5. The lowest BCUT2D eigenvalue weighted by atomic mass is 10.1. The van der Waals surface area contributed by atoms with E-state index in [2.05, 4.69) is 20.7 Å². The second-order valence-electron chi connectivity index (χ2n) is 8.76. The summed E-state index contributed by atoms with van der Waals surface area (Å²) in [5, 5.41) is 24.9. The molecule has 0 saturated heterocycles. The molecule has 0 unspecified atom stereocenters. The number of benzene rings is 3. The average molecular weight is 555 g/mol. The van der Waals surface area contributed by atoms with E-state index in [9.17, 15) is 14.7 Å². The molecule has 2 aromatic heterocycles. The van der Waals surface area contributed by atoms with E-state index in [1.807, 2.05) is 30.7 Å². The summed E-state index contributed by atoms with van der Waals surface area (Å²) < 4.78 is 8.53. The fourth-order valence-corrected chi connectivity index (χ4v) is 4.95. The number of aryl methyl sites for hydroxylation is 1. The molecule has 10 nitrogen and oxygen atoms in total. The van der Waals surface area contributed by atoms with Gasteiger partial charge in [0.2, 0.25) is 5.88 Å². The van der Waals surface area contributed by atoms with E-state index in [1.54, 1.807) is 78.8 Å². The van der Waals surface area contributed by atoms with Crippen LogP contribution in [0.15, 0.2) is 94.2 Å². The van der Waals surface area contributed by atoms with Crippen LogP contribution in [0.2, 0.25) is 0 Å². The molecule has 0 aliphatic heterocycles. The molecule has 2 N–H and O–H groups in total. The summed E-state index contributed by atoms with van der Waals surface area (Å²) in [4.78, 5) is 26.0. The van der Waals surface area contributed by atoms with Crippen LogP contribution in [-0.4, -0.2) is 43.2 Å². The van der Waals surface area contributed by atoms with Gasteiger partial charge in [0, 0.05) is 29.1 Å². The highest BCUT2D eigenvalue weighted by Gasteiger charge is 2.16. The van der Waals surface area contributed by atoms with Gasteiger partial charge in [-0.05, 0) is 55.0 Å². The standard InChI is InChI=1S/C29H26N6O4S/c1-3-39-22-14-12-21(13-15-22)35-27(37)24-7-5-4-6-23(24)25(28(35)38)16-30-32-26(36)20-10-8-19(9-11-20)17-40-29-33-31-18-34(29)2/h4-16,18,38H,3,17H2,1-2H3,(H,32,36)/b30-16+. The highest BCUT2D eigenvalue weighted by Crippen LogP contribution is 2.27. The zero-order valence-corrected chi connectivity index (χ0v) is 22.6. The number of pyridine rings is 1. The predicted octanol–water partition coefficient (Wildman–Crippen LogP) is 4.28. The maximum absolute atomic E-state index is 13.3. The van der Waals surface area contributed by atoms with Crippen molar-refractivity contribution in [2.24, 2.45) is 12.1 Å². The third-order valence-corrected chi connectivity index (χ3v) is 7.23. The number of hydrazone groups is 1. The highest BCUT2D eigenvalue weighted by molar-refractivity contribution is 7.98. The van der Waals surface area contributed by atoms with Crippen LogP contribution in [0.4, 0.5) is 0 Å². The molecule has 0 aliphatic carbocycles. The molecule has 1 amide bonds. The van der Waals surface area contributed by atoms with Crippen LogP contribution in [-0.2, 0) is 12.8 Å². The first-order chi connectivity index (χ1) is 19.5. The van der Waals surface area contributed by atoms with Crippen molar-refractivity contribution in [3.63, 3.8) is 0 Å². The number of amides is 1. The van der Waals surface area contributed by atoms with E-state index in [1.165, 1.54) is 10.8 Å². The molecular formula is C29H26N6O4S. The van der Waals surface area contributed by atoms with Crippen LogP contribution in [0.5, 0.6) is 11.6 Å². The maximum atomic E-state index is 13.3. The number of aromatic nitrogens is 4. The molecule has 0 bridgehead atoms. The summed E-state index contributed by atoms with van der Waals surface area (Å²) in [5.41, 5.74) is 4.34. The van der Waals surface area contributed by atoms with E-state index in [0.29, 0.717) is 45.7 Å². The number of hydrogen-bond acceptors (Lipinski definition) is 8. The van der Waals surface area contributed by atoms with Gasteiger partial charge in [0.15, 0.2) is 5.16 Å². The number of hydrogen-bond donors (Lipinski definition) is 2. The summed E-state index contributed by atoms with van der Waals surface area (Å²) in [6.07, 6.45) is 2.99. The Hall–Kier alpha value is -4.90. The number of rotatable bonds is 9. The quantitative estimate of drug-likeness (QED) is 0.158. The van der Waals surface area contributed by atoms with Crippen molar-refractivity contribution in [3.05, 3.63) is 106 Å². The second kappa shape index (κ2) is 11.9. The van der Waals surface area contributed by atoms with Crippen molar-refractivity contribution in [1.29, 1.82) is 0 Å². The van der Waals surface area contributed by atoms with Crippen LogP contribution in [0.1, 0.15) is 28.4 Å². The van der Waals surface area contributed by atoms with Crippen LogP contribution >= 0.6 is 11.8 Å².